The molecule has 2 aromatic carbocycles. The average Bonchev–Trinajstić information content (AvgIpc) is 2.76. The Kier molecular flexibility index (Phi) is 11.7. The molecule has 1 amide bonds. The highest BCUT2D eigenvalue weighted by Gasteiger charge is 2.08. The molecule has 0 aliphatic rings. The van der Waals surface area contributed by atoms with Gasteiger partial charge in [-0.3, -0.25) is 4.79 Å². The number of nitrogens with zero attached hydrogens (tertiary/aromatic N) is 2. The quantitative estimate of drug-likeness (QED) is 0.299. The first kappa shape index (κ1) is 25.5. The van der Waals surface area contributed by atoms with Crippen LogP contribution in [0.4, 0.5) is 0 Å². The maximum absolute atomic E-state index is 12.2. The number of benzene rings is 2. The zero-order valence-electron chi connectivity index (χ0n) is 18.0. The molecule has 8 heteroatoms. The van der Waals surface area contributed by atoms with Crippen molar-refractivity contribution in [2.24, 2.45) is 4.99 Å². The van der Waals surface area contributed by atoms with Gasteiger partial charge in [-0.1, -0.05) is 24.3 Å². The minimum absolute atomic E-state index is 0. The van der Waals surface area contributed by atoms with Crippen molar-refractivity contribution in [1.82, 2.24) is 15.5 Å². The standard InChI is InChI=1S/C22H30N4O3.HI/c1-5-23-22(26(2)16-18-8-12-20(29-4)13-9-18)25-15-21(27)24-14-17-6-10-19(28-3)11-7-17;/h6-13H,5,14-16H2,1-4H3,(H,23,25)(H,24,27);1H. The smallest absolute Gasteiger partial charge is 0.242 e. The lowest BCUT2D eigenvalue weighted by molar-refractivity contribution is -0.119. The number of amides is 1. The van der Waals surface area contributed by atoms with E-state index in [0.29, 0.717) is 19.0 Å². The molecular formula is C22H31IN4O3. The summed E-state index contributed by atoms with van der Waals surface area (Å²) in [6, 6.07) is 15.5. The summed E-state index contributed by atoms with van der Waals surface area (Å²) in [6.45, 7) is 3.91. The van der Waals surface area contributed by atoms with Crippen LogP contribution < -0.4 is 20.1 Å². The molecule has 0 fully saturated rings. The van der Waals surface area contributed by atoms with E-state index in [0.717, 1.165) is 29.2 Å². The third-order valence-electron chi connectivity index (χ3n) is 4.30. The number of aliphatic imine (C=N–C) groups is 1. The number of carbonyl (C=O) groups is 1. The first-order valence-electron chi connectivity index (χ1n) is 9.57. The number of guanidine groups is 1. The summed E-state index contributed by atoms with van der Waals surface area (Å²) in [5.41, 5.74) is 2.13. The van der Waals surface area contributed by atoms with Gasteiger partial charge in [0.1, 0.15) is 18.0 Å². The first-order chi connectivity index (χ1) is 14.0. The Labute approximate surface area is 195 Å². The van der Waals surface area contributed by atoms with Crippen molar-refractivity contribution in [3.63, 3.8) is 0 Å². The van der Waals surface area contributed by atoms with Gasteiger partial charge in [-0.15, -0.1) is 24.0 Å². The number of methoxy groups -OCH3 is 2. The zero-order valence-corrected chi connectivity index (χ0v) is 20.3. The van der Waals surface area contributed by atoms with Crippen LogP contribution in [0.5, 0.6) is 11.5 Å². The predicted octanol–water partition coefficient (Wildman–Crippen LogP) is 3.04. The van der Waals surface area contributed by atoms with Crippen LogP contribution in [-0.4, -0.2) is 51.1 Å². The Morgan fingerprint density at radius 3 is 1.97 bits per heavy atom. The average molecular weight is 526 g/mol. The molecule has 0 aromatic heterocycles. The SMILES string of the molecule is CCNC(=NCC(=O)NCc1ccc(OC)cc1)N(C)Cc1ccc(OC)cc1.I. The van der Waals surface area contributed by atoms with Crippen LogP contribution in [0.25, 0.3) is 0 Å². The number of halogens is 1. The van der Waals surface area contributed by atoms with Crippen molar-refractivity contribution in [3.8, 4) is 11.5 Å². The fourth-order valence-corrected chi connectivity index (χ4v) is 2.70. The van der Waals surface area contributed by atoms with E-state index in [9.17, 15) is 4.79 Å². The first-order valence-corrected chi connectivity index (χ1v) is 9.57. The van der Waals surface area contributed by atoms with Gasteiger partial charge >= 0.3 is 0 Å². The van der Waals surface area contributed by atoms with Crippen molar-refractivity contribution in [3.05, 3.63) is 59.7 Å². The molecule has 2 rings (SSSR count). The van der Waals surface area contributed by atoms with Crippen molar-refractivity contribution in [2.45, 2.75) is 20.0 Å². The highest BCUT2D eigenvalue weighted by molar-refractivity contribution is 14.0. The van der Waals surface area contributed by atoms with Crippen molar-refractivity contribution in [2.75, 3.05) is 34.4 Å². The van der Waals surface area contributed by atoms with E-state index in [2.05, 4.69) is 15.6 Å². The summed E-state index contributed by atoms with van der Waals surface area (Å²) < 4.78 is 10.3. The number of carbonyl (C=O) groups excluding carboxylic acids is 1. The third kappa shape index (κ3) is 8.48. The Morgan fingerprint density at radius 2 is 1.47 bits per heavy atom. The molecule has 2 N–H and O–H groups in total. The molecule has 0 saturated carbocycles. The van der Waals surface area contributed by atoms with Crippen LogP contribution in [0.2, 0.25) is 0 Å². The molecule has 30 heavy (non-hydrogen) atoms. The molecule has 2 aromatic rings. The van der Waals surface area contributed by atoms with Gasteiger partial charge in [-0.05, 0) is 42.3 Å². The largest absolute Gasteiger partial charge is 0.497 e. The lowest BCUT2D eigenvalue weighted by Gasteiger charge is -2.22. The van der Waals surface area contributed by atoms with Crippen LogP contribution in [0.3, 0.4) is 0 Å². The number of hydrogen-bond donors (Lipinski definition) is 2. The molecule has 0 spiro atoms. The number of nitrogens with one attached hydrogen (secondary N) is 2. The van der Waals surface area contributed by atoms with E-state index in [1.165, 1.54) is 0 Å². The van der Waals surface area contributed by atoms with E-state index in [4.69, 9.17) is 9.47 Å². The summed E-state index contributed by atoms with van der Waals surface area (Å²) in [4.78, 5) is 18.6. The van der Waals surface area contributed by atoms with Crippen LogP contribution in [0.15, 0.2) is 53.5 Å². The fraction of sp³-hybridized carbons (Fsp3) is 0.364. The summed E-state index contributed by atoms with van der Waals surface area (Å²) in [5, 5.41) is 6.11. The molecule has 0 unspecified atom stereocenters. The van der Waals surface area contributed by atoms with Crippen molar-refractivity contribution in [1.29, 1.82) is 0 Å². The molecule has 0 aliphatic carbocycles. The molecule has 164 valence electrons. The maximum Gasteiger partial charge on any atom is 0.242 e. The van der Waals surface area contributed by atoms with Gasteiger partial charge in [0.2, 0.25) is 5.91 Å². The topological polar surface area (TPSA) is 75.2 Å². The Bertz CT molecular complexity index is 795. The lowest BCUT2D eigenvalue weighted by Crippen LogP contribution is -2.39. The van der Waals surface area contributed by atoms with E-state index < -0.39 is 0 Å². The lowest BCUT2D eigenvalue weighted by atomic mass is 10.2. The van der Waals surface area contributed by atoms with Crippen molar-refractivity contribution >= 4 is 35.8 Å². The molecule has 0 atom stereocenters. The number of hydrogen-bond acceptors (Lipinski definition) is 4. The second kappa shape index (κ2) is 13.7. The molecule has 0 saturated heterocycles. The summed E-state index contributed by atoms with van der Waals surface area (Å²) >= 11 is 0. The molecule has 0 radical (unpaired) electrons. The summed E-state index contributed by atoms with van der Waals surface area (Å²) in [6.07, 6.45) is 0. The molecular weight excluding hydrogens is 495 g/mol. The summed E-state index contributed by atoms with van der Waals surface area (Å²) in [7, 11) is 5.22. The van der Waals surface area contributed by atoms with E-state index in [-0.39, 0.29) is 36.4 Å². The van der Waals surface area contributed by atoms with Crippen LogP contribution >= 0.6 is 24.0 Å². The van der Waals surface area contributed by atoms with E-state index in [1.807, 2.05) is 67.4 Å². The summed E-state index contributed by atoms with van der Waals surface area (Å²) in [5.74, 6) is 2.17. The van der Waals surface area contributed by atoms with Crippen LogP contribution in [-0.2, 0) is 17.9 Å². The highest BCUT2D eigenvalue weighted by Crippen LogP contribution is 2.13. The molecule has 0 aliphatic heterocycles. The monoisotopic (exact) mass is 526 g/mol. The Hall–Kier alpha value is -2.49. The van der Waals surface area contributed by atoms with Gasteiger partial charge < -0.3 is 25.0 Å². The molecule has 7 nitrogen and oxygen atoms in total. The Morgan fingerprint density at radius 1 is 0.933 bits per heavy atom. The zero-order chi connectivity index (χ0) is 21.1. The second-order valence-electron chi connectivity index (χ2n) is 6.50. The maximum atomic E-state index is 12.2. The van der Waals surface area contributed by atoms with Gasteiger partial charge in [-0.2, -0.15) is 0 Å². The third-order valence-corrected chi connectivity index (χ3v) is 4.30. The van der Waals surface area contributed by atoms with Gasteiger partial charge in [0.15, 0.2) is 5.96 Å². The highest BCUT2D eigenvalue weighted by atomic mass is 127. The fourth-order valence-electron chi connectivity index (χ4n) is 2.70. The van der Waals surface area contributed by atoms with Gasteiger partial charge in [0.05, 0.1) is 14.2 Å². The van der Waals surface area contributed by atoms with E-state index in [1.54, 1.807) is 14.2 Å². The van der Waals surface area contributed by atoms with Crippen molar-refractivity contribution < 1.29 is 14.3 Å². The minimum atomic E-state index is -0.130. The van der Waals surface area contributed by atoms with Crippen LogP contribution in [0.1, 0.15) is 18.1 Å². The van der Waals surface area contributed by atoms with Gasteiger partial charge in [0, 0.05) is 26.7 Å². The molecule has 0 heterocycles. The minimum Gasteiger partial charge on any atom is -0.497 e. The van der Waals surface area contributed by atoms with Gasteiger partial charge in [-0.25, -0.2) is 4.99 Å². The second-order valence-corrected chi connectivity index (χ2v) is 6.50. The Balaban J connectivity index is 0.00000450. The van der Waals surface area contributed by atoms with Crippen LogP contribution in [0, 0.1) is 0 Å². The van der Waals surface area contributed by atoms with E-state index >= 15 is 0 Å². The van der Waals surface area contributed by atoms with Gasteiger partial charge in [0.25, 0.3) is 0 Å². The normalized spacial score (nSPS) is 10.6. The predicted molar refractivity (Wildman–Crippen MR) is 131 cm³/mol. The number of ether oxygens (including phenoxy) is 2. The molecule has 0 bridgehead atoms. The number of rotatable bonds is 9.